The van der Waals surface area contributed by atoms with Crippen molar-refractivity contribution >= 4 is 17.4 Å². The quantitative estimate of drug-likeness (QED) is 0.909. The number of carbonyl (C=O) groups excluding carboxylic acids is 1. The summed E-state index contributed by atoms with van der Waals surface area (Å²) in [6.07, 6.45) is 0. The molecule has 0 saturated carbocycles. The van der Waals surface area contributed by atoms with Crippen LogP contribution in [0, 0.1) is 6.92 Å². The van der Waals surface area contributed by atoms with Gasteiger partial charge in [-0.15, -0.1) is 0 Å². The molecule has 3 rings (SSSR count). The zero-order valence-electron chi connectivity index (χ0n) is 14.0. The highest BCUT2D eigenvalue weighted by atomic mass is 16.7. The first-order chi connectivity index (χ1) is 11.6. The van der Waals surface area contributed by atoms with Crippen molar-refractivity contribution in [1.82, 2.24) is 14.9 Å². The number of fused-ring (bicyclic) bond motifs is 1. The van der Waals surface area contributed by atoms with E-state index in [1.54, 1.807) is 17.9 Å². The van der Waals surface area contributed by atoms with Crippen LogP contribution in [-0.4, -0.2) is 40.7 Å². The average Bonchev–Trinajstić information content (AvgIpc) is 3.03. The van der Waals surface area contributed by atoms with Gasteiger partial charge in [-0.2, -0.15) is 0 Å². The lowest BCUT2D eigenvalue weighted by Gasteiger charge is -2.18. The monoisotopic (exact) mass is 328 g/mol. The van der Waals surface area contributed by atoms with Crippen LogP contribution in [0.15, 0.2) is 24.3 Å². The molecule has 0 unspecified atom stereocenters. The molecule has 126 valence electrons. The van der Waals surface area contributed by atoms with Gasteiger partial charge in [0.2, 0.25) is 6.79 Å². The van der Waals surface area contributed by atoms with Crippen molar-refractivity contribution in [3.63, 3.8) is 0 Å². The van der Waals surface area contributed by atoms with E-state index >= 15 is 0 Å². The first kappa shape index (κ1) is 16.0. The van der Waals surface area contributed by atoms with Gasteiger partial charge < -0.3 is 19.7 Å². The number of aryl methyl sites for hydroxylation is 1. The summed E-state index contributed by atoms with van der Waals surface area (Å²) in [5.74, 6) is 2.41. The number of amides is 1. The lowest BCUT2D eigenvalue weighted by Crippen LogP contribution is -2.31. The number of nitrogens with one attached hydrogen (secondary N) is 1. The second-order valence-corrected chi connectivity index (χ2v) is 5.36. The van der Waals surface area contributed by atoms with E-state index in [1.165, 1.54) is 0 Å². The number of ether oxygens (including phenoxy) is 2. The Hall–Kier alpha value is -2.83. The molecule has 0 radical (unpaired) electrons. The Morgan fingerprint density at radius 2 is 1.92 bits per heavy atom. The molecule has 1 aliphatic rings. The summed E-state index contributed by atoms with van der Waals surface area (Å²) in [6, 6.07) is 7.21. The number of benzene rings is 1. The minimum Gasteiger partial charge on any atom is -0.454 e. The van der Waals surface area contributed by atoms with E-state index in [0.29, 0.717) is 36.2 Å². The molecular weight excluding hydrogens is 308 g/mol. The van der Waals surface area contributed by atoms with Crippen LogP contribution < -0.4 is 14.8 Å². The minimum atomic E-state index is -0.0979. The molecule has 1 aliphatic heterocycles. The predicted molar refractivity (Wildman–Crippen MR) is 89.9 cm³/mol. The molecule has 0 fully saturated rings. The highest BCUT2D eigenvalue weighted by Crippen LogP contribution is 2.34. The molecule has 0 atom stereocenters. The first-order valence-corrected chi connectivity index (χ1v) is 7.92. The largest absolute Gasteiger partial charge is 0.454 e. The minimum absolute atomic E-state index is 0.0979. The van der Waals surface area contributed by atoms with Crippen molar-refractivity contribution in [3.8, 4) is 11.5 Å². The molecule has 2 heterocycles. The number of anilines is 2. The number of rotatable bonds is 5. The molecule has 1 N–H and O–H groups in total. The van der Waals surface area contributed by atoms with Gasteiger partial charge in [-0.25, -0.2) is 9.97 Å². The van der Waals surface area contributed by atoms with E-state index in [0.717, 1.165) is 11.4 Å². The summed E-state index contributed by atoms with van der Waals surface area (Å²) in [4.78, 5) is 22.8. The molecule has 1 aromatic heterocycles. The molecule has 7 nitrogen and oxygen atoms in total. The van der Waals surface area contributed by atoms with Gasteiger partial charge in [-0.1, -0.05) is 0 Å². The van der Waals surface area contributed by atoms with Gasteiger partial charge in [0, 0.05) is 30.9 Å². The third-order valence-corrected chi connectivity index (χ3v) is 3.75. The van der Waals surface area contributed by atoms with Crippen molar-refractivity contribution < 1.29 is 14.3 Å². The molecule has 0 saturated heterocycles. The lowest BCUT2D eigenvalue weighted by atomic mass is 10.2. The van der Waals surface area contributed by atoms with Crippen molar-refractivity contribution in [2.45, 2.75) is 20.8 Å². The second kappa shape index (κ2) is 6.74. The van der Waals surface area contributed by atoms with Crippen molar-refractivity contribution in [2.24, 2.45) is 0 Å². The average molecular weight is 328 g/mol. The normalized spacial score (nSPS) is 12.1. The number of carbonyl (C=O) groups is 1. The Balaban J connectivity index is 1.85. The molecule has 1 aromatic carbocycles. The Kier molecular flexibility index (Phi) is 4.50. The van der Waals surface area contributed by atoms with E-state index in [4.69, 9.17) is 9.47 Å². The van der Waals surface area contributed by atoms with Crippen LogP contribution in [0.4, 0.5) is 11.5 Å². The van der Waals surface area contributed by atoms with Crippen LogP contribution in [0.1, 0.15) is 30.2 Å². The Morgan fingerprint density at radius 3 is 2.67 bits per heavy atom. The van der Waals surface area contributed by atoms with E-state index in [9.17, 15) is 4.79 Å². The SMILES string of the molecule is CCN(CC)C(=O)c1cc(Nc2ccc3c(c2)OCO3)nc(C)n1. The van der Waals surface area contributed by atoms with E-state index in [2.05, 4.69) is 15.3 Å². The van der Waals surface area contributed by atoms with Crippen LogP contribution >= 0.6 is 0 Å². The summed E-state index contributed by atoms with van der Waals surface area (Å²) in [5.41, 5.74) is 1.19. The number of aromatic nitrogens is 2. The van der Waals surface area contributed by atoms with Gasteiger partial charge in [-0.3, -0.25) is 4.79 Å². The van der Waals surface area contributed by atoms with Crippen molar-refractivity contribution in [3.05, 3.63) is 35.8 Å². The fourth-order valence-corrected chi connectivity index (χ4v) is 2.54. The van der Waals surface area contributed by atoms with Crippen LogP contribution in [-0.2, 0) is 0 Å². The zero-order chi connectivity index (χ0) is 17.1. The lowest BCUT2D eigenvalue weighted by molar-refractivity contribution is 0.0766. The zero-order valence-corrected chi connectivity index (χ0v) is 14.0. The molecule has 0 spiro atoms. The Bertz CT molecular complexity index is 759. The topological polar surface area (TPSA) is 76.6 Å². The third-order valence-electron chi connectivity index (χ3n) is 3.75. The molecule has 7 heteroatoms. The fraction of sp³-hybridized carbons (Fsp3) is 0.353. The molecular formula is C17H20N4O3. The Morgan fingerprint density at radius 1 is 1.17 bits per heavy atom. The maximum absolute atomic E-state index is 12.5. The summed E-state index contributed by atoms with van der Waals surface area (Å²) in [5, 5.41) is 3.19. The van der Waals surface area contributed by atoms with Gasteiger partial charge in [0.25, 0.3) is 5.91 Å². The number of hydrogen-bond donors (Lipinski definition) is 1. The first-order valence-electron chi connectivity index (χ1n) is 7.92. The van der Waals surface area contributed by atoms with Crippen LogP contribution in [0.2, 0.25) is 0 Å². The second-order valence-electron chi connectivity index (χ2n) is 5.36. The van der Waals surface area contributed by atoms with E-state index in [-0.39, 0.29) is 12.7 Å². The maximum Gasteiger partial charge on any atom is 0.272 e. The van der Waals surface area contributed by atoms with Gasteiger partial charge in [0.1, 0.15) is 17.3 Å². The number of hydrogen-bond acceptors (Lipinski definition) is 6. The highest BCUT2D eigenvalue weighted by Gasteiger charge is 2.17. The summed E-state index contributed by atoms with van der Waals surface area (Å²) in [7, 11) is 0. The van der Waals surface area contributed by atoms with Crippen LogP contribution in [0.25, 0.3) is 0 Å². The smallest absolute Gasteiger partial charge is 0.272 e. The van der Waals surface area contributed by atoms with Gasteiger partial charge in [0.15, 0.2) is 11.5 Å². The van der Waals surface area contributed by atoms with Gasteiger partial charge >= 0.3 is 0 Å². The third kappa shape index (κ3) is 3.24. The molecule has 0 aliphatic carbocycles. The summed E-state index contributed by atoms with van der Waals surface area (Å²) in [6.45, 7) is 7.17. The predicted octanol–water partition coefficient (Wildman–Crippen LogP) is 2.74. The van der Waals surface area contributed by atoms with Gasteiger partial charge in [-0.05, 0) is 32.9 Å². The van der Waals surface area contributed by atoms with Crippen molar-refractivity contribution in [1.29, 1.82) is 0 Å². The fourth-order valence-electron chi connectivity index (χ4n) is 2.54. The molecule has 2 aromatic rings. The van der Waals surface area contributed by atoms with Gasteiger partial charge in [0.05, 0.1) is 0 Å². The molecule has 24 heavy (non-hydrogen) atoms. The molecule has 0 bridgehead atoms. The molecule has 1 amide bonds. The van der Waals surface area contributed by atoms with Crippen LogP contribution in [0.5, 0.6) is 11.5 Å². The Labute approximate surface area is 140 Å². The van der Waals surface area contributed by atoms with E-state index < -0.39 is 0 Å². The maximum atomic E-state index is 12.5. The number of nitrogens with zero attached hydrogens (tertiary/aromatic N) is 3. The standard InChI is InChI=1S/C17H20N4O3/c1-4-21(5-2)17(22)13-9-16(19-11(3)18-13)20-12-6-7-14-15(8-12)24-10-23-14/h6-9H,4-5,10H2,1-3H3,(H,18,19,20). The van der Waals surface area contributed by atoms with Crippen molar-refractivity contribution in [2.75, 3.05) is 25.2 Å². The van der Waals surface area contributed by atoms with Crippen LogP contribution in [0.3, 0.4) is 0 Å². The summed E-state index contributed by atoms with van der Waals surface area (Å²) < 4.78 is 10.7. The summed E-state index contributed by atoms with van der Waals surface area (Å²) >= 11 is 0. The highest BCUT2D eigenvalue weighted by molar-refractivity contribution is 5.93. The van der Waals surface area contributed by atoms with E-state index in [1.807, 2.05) is 32.0 Å².